The van der Waals surface area contributed by atoms with Gasteiger partial charge in [0.05, 0.1) is 5.92 Å². The fourth-order valence-electron chi connectivity index (χ4n) is 2.80. The summed E-state index contributed by atoms with van der Waals surface area (Å²) in [4.78, 5) is 16.6. The predicted molar refractivity (Wildman–Crippen MR) is 80.2 cm³/mol. The van der Waals surface area contributed by atoms with Crippen molar-refractivity contribution in [2.24, 2.45) is 11.8 Å². The van der Waals surface area contributed by atoms with Gasteiger partial charge in [0, 0.05) is 20.1 Å². The quantitative estimate of drug-likeness (QED) is 0.759. The lowest BCUT2D eigenvalue weighted by molar-refractivity contribution is -0.134. The Labute approximate surface area is 118 Å². The van der Waals surface area contributed by atoms with E-state index in [-0.39, 0.29) is 5.92 Å². The van der Waals surface area contributed by atoms with E-state index in [9.17, 15) is 4.79 Å². The molecule has 1 N–H and O–H groups in total. The number of likely N-dealkylation sites (tertiary alicyclic amines) is 1. The Morgan fingerprint density at radius 3 is 2.58 bits per heavy atom. The molecule has 0 aromatic carbocycles. The first-order valence-corrected chi connectivity index (χ1v) is 7.66. The van der Waals surface area contributed by atoms with E-state index in [2.05, 4.69) is 24.2 Å². The minimum absolute atomic E-state index is 0.132. The minimum Gasteiger partial charge on any atom is -0.345 e. The van der Waals surface area contributed by atoms with Crippen LogP contribution in [0.15, 0.2) is 0 Å². The molecule has 1 unspecified atom stereocenters. The summed E-state index contributed by atoms with van der Waals surface area (Å²) >= 11 is 0. The van der Waals surface area contributed by atoms with Gasteiger partial charge in [-0.25, -0.2) is 0 Å². The number of nitrogens with one attached hydrogen (secondary N) is 1. The zero-order valence-corrected chi connectivity index (χ0v) is 13.1. The zero-order chi connectivity index (χ0) is 14.3. The van der Waals surface area contributed by atoms with Crippen LogP contribution in [0.2, 0.25) is 0 Å². The first-order valence-electron chi connectivity index (χ1n) is 7.66. The van der Waals surface area contributed by atoms with Gasteiger partial charge in [-0.15, -0.1) is 0 Å². The topological polar surface area (TPSA) is 35.6 Å². The fraction of sp³-hybridized carbons (Fsp3) is 0.933. The van der Waals surface area contributed by atoms with Crippen LogP contribution in [0, 0.1) is 11.8 Å². The monoisotopic (exact) mass is 269 g/mol. The van der Waals surface area contributed by atoms with Gasteiger partial charge in [-0.1, -0.05) is 6.92 Å². The van der Waals surface area contributed by atoms with E-state index in [4.69, 9.17) is 0 Å². The molecule has 0 aromatic rings. The Balaban J connectivity index is 2.29. The SMILES string of the molecule is CCC(CNC)C(=O)N(C)CCC1CCN(C)CC1. The molecule has 0 radical (unpaired) electrons. The molecule has 0 aromatic heterocycles. The van der Waals surface area contributed by atoms with E-state index in [1.807, 2.05) is 19.0 Å². The number of nitrogens with zero attached hydrogens (tertiary/aromatic N) is 2. The van der Waals surface area contributed by atoms with Crippen molar-refractivity contribution >= 4 is 5.91 Å². The van der Waals surface area contributed by atoms with E-state index in [0.717, 1.165) is 31.8 Å². The lowest BCUT2D eigenvalue weighted by Crippen LogP contribution is -2.39. The van der Waals surface area contributed by atoms with Crippen LogP contribution in [0.1, 0.15) is 32.6 Å². The molecule has 0 bridgehead atoms. The van der Waals surface area contributed by atoms with Crippen molar-refractivity contribution in [3.05, 3.63) is 0 Å². The molecule has 1 amide bonds. The lowest BCUT2D eigenvalue weighted by atomic mass is 9.93. The van der Waals surface area contributed by atoms with Crippen LogP contribution >= 0.6 is 0 Å². The van der Waals surface area contributed by atoms with Crippen LogP contribution in [-0.2, 0) is 4.79 Å². The molecule has 4 nitrogen and oxygen atoms in total. The first kappa shape index (κ1) is 16.4. The number of carbonyl (C=O) groups is 1. The average molecular weight is 269 g/mol. The van der Waals surface area contributed by atoms with E-state index in [1.165, 1.54) is 25.9 Å². The molecular weight excluding hydrogens is 238 g/mol. The summed E-state index contributed by atoms with van der Waals surface area (Å²) in [5.74, 6) is 1.23. The van der Waals surface area contributed by atoms with Crippen LogP contribution in [-0.4, -0.2) is 63.0 Å². The van der Waals surface area contributed by atoms with Crippen molar-refractivity contribution in [1.82, 2.24) is 15.1 Å². The molecule has 4 heteroatoms. The third-order valence-electron chi connectivity index (χ3n) is 4.38. The molecule has 112 valence electrons. The number of amides is 1. The summed E-state index contributed by atoms with van der Waals surface area (Å²) < 4.78 is 0. The van der Waals surface area contributed by atoms with Crippen molar-refractivity contribution in [3.8, 4) is 0 Å². The zero-order valence-electron chi connectivity index (χ0n) is 13.1. The van der Waals surface area contributed by atoms with Crippen LogP contribution in [0.3, 0.4) is 0 Å². The predicted octanol–water partition coefficient (Wildman–Crippen LogP) is 1.42. The maximum Gasteiger partial charge on any atom is 0.226 e. The van der Waals surface area contributed by atoms with Gasteiger partial charge in [-0.3, -0.25) is 4.79 Å². The van der Waals surface area contributed by atoms with Crippen molar-refractivity contribution in [3.63, 3.8) is 0 Å². The molecule has 0 aliphatic carbocycles. The van der Waals surface area contributed by atoms with Gasteiger partial charge in [0.15, 0.2) is 0 Å². The van der Waals surface area contributed by atoms with Gasteiger partial charge in [-0.2, -0.15) is 0 Å². The Hall–Kier alpha value is -0.610. The summed E-state index contributed by atoms with van der Waals surface area (Å²) in [5, 5.41) is 3.11. The molecule has 1 rings (SSSR count). The van der Waals surface area contributed by atoms with E-state index < -0.39 is 0 Å². The van der Waals surface area contributed by atoms with Gasteiger partial charge >= 0.3 is 0 Å². The highest BCUT2D eigenvalue weighted by Gasteiger charge is 2.21. The second-order valence-electron chi connectivity index (χ2n) is 5.96. The third-order valence-corrected chi connectivity index (χ3v) is 4.38. The highest BCUT2D eigenvalue weighted by atomic mass is 16.2. The van der Waals surface area contributed by atoms with E-state index >= 15 is 0 Å². The van der Waals surface area contributed by atoms with Gasteiger partial charge in [0.1, 0.15) is 0 Å². The Morgan fingerprint density at radius 1 is 1.42 bits per heavy atom. The molecule has 1 fully saturated rings. The Morgan fingerprint density at radius 2 is 2.05 bits per heavy atom. The first-order chi connectivity index (χ1) is 9.08. The van der Waals surface area contributed by atoms with Gasteiger partial charge in [0.2, 0.25) is 5.91 Å². The van der Waals surface area contributed by atoms with Crippen molar-refractivity contribution in [1.29, 1.82) is 0 Å². The van der Waals surface area contributed by atoms with Gasteiger partial charge in [0.25, 0.3) is 0 Å². The van der Waals surface area contributed by atoms with Gasteiger partial charge in [-0.05, 0) is 58.8 Å². The molecule has 19 heavy (non-hydrogen) atoms. The number of rotatable bonds is 7. The molecule has 0 saturated carbocycles. The molecular formula is C15H31N3O. The average Bonchev–Trinajstić information content (AvgIpc) is 2.43. The molecule has 1 aliphatic rings. The largest absolute Gasteiger partial charge is 0.345 e. The number of hydrogen-bond acceptors (Lipinski definition) is 3. The molecule has 1 atom stereocenters. The van der Waals surface area contributed by atoms with Crippen molar-refractivity contribution in [2.45, 2.75) is 32.6 Å². The smallest absolute Gasteiger partial charge is 0.226 e. The maximum absolute atomic E-state index is 12.3. The van der Waals surface area contributed by atoms with Crippen molar-refractivity contribution in [2.75, 3.05) is 47.3 Å². The third kappa shape index (κ3) is 5.49. The number of carbonyl (C=O) groups excluding carboxylic acids is 1. The maximum atomic E-state index is 12.3. The van der Waals surface area contributed by atoms with Crippen molar-refractivity contribution < 1.29 is 4.79 Å². The summed E-state index contributed by atoms with van der Waals surface area (Å²) in [6.07, 6.45) is 4.64. The molecule has 0 spiro atoms. The molecule has 1 heterocycles. The number of hydrogen-bond donors (Lipinski definition) is 1. The Bertz CT molecular complexity index is 262. The highest BCUT2D eigenvalue weighted by molar-refractivity contribution is 5.78. The second-order valence-corrected chi connectivity index (χ2v) is 5.96. The molecule has 1 aliphatic heterocycles. The van der Waals surface area contributed by atoms with Crippen LogP contribution < -0.4 is 5.32 Å². The van der Waals surface area contributed by atoms with E-state index in [0.29, 0.717) is 5.91 Å². The second kappa shape index (κ2) is 8.54. The van der Waals surface area contributed by atoms with Crippen LogP contribution in [0.5, 0.6) is 0 Å². The Kier molecular flexibility index (Phi) is 7.39. The van der Waals surface area contributed by atoms with E-state index in [1.54, 1.807) is 0 Å². The lowest BCUT2D eigenvalue weighted by Gasteiger charge is -2.30. The summed E-state index contributed by atoms with van der Waals surface area (Å²) in [6, 6.07) is 0. The van der Waals surface area contributed by atoms with Crippen LogP contribution in [0.25, 0.3) is 0 Å². The van der Waals surface area contributed by atoms with Gasteiger partial charge < -0.3 is 15.1 Å². The standard InChI is InChI=1S/C15H31N3O/c1-5-14(12-16-2)15(19)18(4)11-8-13-6-9-17(3)10-7-13/h13-14,16H,5-12H2,1-4H3. The fourth-order valence-corrected chi connectivity index (χ4v) is 2.80. The summed E-state index contributed by atoms with van der Waals surface area (Å²) in [6.45, 7) is 6.20. The number of piperidine rings is 1. The highest BCUT2D eigenvalue weighted by Crippen LogP contribution is 2.20. The molecule has 1 saturated heterocycles. The minimum atomic E-state index is 0.132. The normalized spacial score (nSPS) is 19.4. The summed E-state index contributed by atoms with van der Waals surface area (Å²) in [7, 11) is 6.06. The summed E-state index contributed by atoms with van der Waals surface area (Å²) in [5.41, 5.74) is 0. The van der Waals surface area contributed by atoms with Crippen LogP contribution in [0.4, 0.5) is 0 Å².